The summed E-state index contributed by atoms with van der Waals surface area (Å²) in [6, 6.07) is 3.68. The van der Waals surface area contributed by atoms with Crippen LogP contribution < -0.4 is 5.32 Å². The maximum Gasteiger partial charge on any atom is 0.335 e. The number of nitrogens with zero attached hydrogens (tertiary/aromatic N) is 2. The number of morpholine rings is 1. The summed E-state index contributed by atoms with van der Waals surface area (Å²) in [5.41, 5.74) is 0.0469. The molecule has 0 bridgehead atoms. The van der Waals surface area contributed by atoms with Gasteiger partial charge in [-0.2, -0.15) is 0 Å². The number of ether oxygens (including phenoxy) is 1. The van der Waals surface area contributed by atoms with Crippen LogP contribution in [0.15, 0.2) is 18.2 Å². The molecule has 1 aliphatic rings. The van der Waals surface area contributed by atoms with Crippen LogP contribution in [0.25, 0.3) is 0 Å². The van der Waals surface area contributed by atoms with Gasteiger partial charge in [-0.25, -0.2) is 4.79 Å². The topological polar surface area (TPSA) is 105 Å². The van der Waals surface area contributed by atoms with Gasteiger partial charge in [0.1, 0.15) is 5.69 Å². The van der Waals surface area contributed by atoms with E-state index in [9.17, 15) is 14.9 Å². The summed E-state index contributed by atoms with van der Waals surface area (Å²) in [4.78, 5) is 23.5. The minimum atomic E-state index is -1.12. The molecule has 1 aromatic carbocycles. The predicted molar refractivity (Wildman–Crippen MR) is 75.8 cm³/mol. The van der Waals surface area contributed by atoms with Crippen LogP contribution in [0.5, 0.6) is 0 Å². The fourth-order valence-electron chi connectivity index (χ4n) is 2.18. The summed E-state index contributed by atoms with van der Waals surface area (Å²) < 4.78 is 5.56. The highest BCUT2D eigenvalue weighted by molar-refractivity contribution is 5.90. The Morgan fingerprint density at radius 2 is 2.38 bits per heavy atom. The van der Waals surface area contributed by atoms with Crippen molar-refractivity contribution in [1.29, 1.82) is 0 Å². The van der Waals surface area contributed by atoms with Crippen molar-refractivity contribution in [3.8, 4) is 0 Å². The number of carboxylic acid groups (broad SMARTS) is 1. The molecule has 1 heterocycles. The molecule has 8 nitrogen and oxygen atoms in total. The van der Waals surface area contributed by atoms with E-state index >= 15 is 0 Å². The van der Waals surface area contributed by atoms with Crippen molar-refractivity contribution in [1.82, 2.24) is 4.90 Å². The smallest absolute Gasteiger partial charge is 0.335 e. The molecule has 0 saturated carbocycles. The number of rotatable bonds is 5. The third-order valence-electron chi connectivity index (χ3n) is 3.30. The van der Waals surface area contributed by atoms with E-state index in [1.54, 1.807) is 0 Å². The van der Waals surface area contributed by atoms with Crippen LogP contribution in [0.3, 0.4) is 0 Å². The molecule has 8 heteroatoms. The number of carboxylic acids is 1. The highest BCUT2D eigenvalue weighted by Gasteiger charge is 2.20. The standard InChI is InChI=1S/C13H17N3O5/c1-15-4-5-21-10(8-15)7-14-11-6-9(13(17)18)2-3-12(11)16(19)20/h2-3,6,10,14H,4-5,7-8H2,1H3,(H,17,18). The van der Waals surface area contributed by atoms with Gasteiger partial charge in [-0.05, 0) is 19.2 Å². The number of likely N-dealkylation sites (N-methyl/N-ethyl adjacent to an activating group) is 1. The number of benzene rings is 1. The Labute approximate surface area is 121 Å². The first-order chi connectivity index (χ1) is 9.97. The number of nitrogens with one attached hydrogen (secondary N) is 1. The number of hydrogen-bond donors (Lipinski definition) is 2. The zero-order chi connectivity index (χ0) is 15.4. The molecule has 2 rings (SSSR count). The monoisotopic (exact) mass is 295 g/mol. The molecule has 1 aliphatic heterocycles. The molecule has 2 N–H and O–H groups in total. The second-order valence-corrected chi connectivity index (χ2v) is 4.93. The fraction of sp³-hybridized carbons (Fsp3) is 0.462. The number of hydrogen-bond acceptors (Lipinski definition) is 6. The third-order valence-corrected chi connectivity index (χ3v) is 3.30. The van der Waals surface area contributed by atoms with Crippen LogP contribution >= 0.6 is 0 Å². The van der Waals surface area contributed by atoms with E-state index in [1.165, 1.54) is 18.2 Å². The molecule has 0 amide bonds. The van der Waals surface area contributed by atoms with Gasteiger partial charge in [0, 0.05) is 25.7 Å². The predicted octanol–water partition coefficient (Wildman–Crippen LogP) is 1.04. The van der Waals surface area contributed by atoms with Crippen LogP contribution in [-0.4, -0.2) is 60.3 Å². The summed E-state index contributed by atoms with van der Waals surface area (Å²) in [7, 11) is 1.98. The highest BCUT2D eigenvalue weighted by Crippen LogP contribution is 2.25. The molecule has 1 atom stereocenters. The minimum absolute atomic E-state index is 0.00443. The first-order valence-electron chi connectivity index (χ1n) is 6.53. The Balaban J connectivity index is 2.11. The summed E-state index contributed by atoms with van der Waals surface area (Å²) in [5, 5.41) is 22.9. The van der Waals surface area contributed by atoms with E-state index in [0.29, 0.717) is 13.2 Å². The second kappa shape index (κ2) is 6.51. The van der Waals surface area contributed by atoms with Crippen molar-refractivity contribution >= 4 is 17.3 Å². The molecular weight excluding hydrogens is 278 g/mol. The Bertz CT molecular complexity index is 549. The SMILES string of the molecule is CN1CCOC(CNc2cc(C(=O)O)ccc2[N+](=O)[O-])C1. The Kier molecular flexibility index (Phi) is 4.71. The van der Waals surface area contributed by atoms with Gasteiger partial charge in [0.15, 0.2) is 0 Å². The van der Waals surface area contributed by atoms with Gasteiger partial charge >= 0.3 is 5.97 Å². The van der Waals surface area contributed by atoms with E-state index in [2.05, 4.69) is 10.2 Å². The second-order valence-electron chi connectivity index (χ2n) is 4.93. The van der Waals surface area contributed by atoms with Gasteiger partial charge in [0.25, 0.3) is 5.69 Å². The third kappa shape index (κ3) is 3.89. The average Bonchev–Trinajstić information content (AvgIpc) is 2.44. The molecule has 1 aromatic rings. The zero-order valence-electron chi connectivity index (χ0n) is 11.6. The highest BCUT2D eigenvalue weighted by atomic mass is 16.6. The molecule has 21 heavy (non-hydrogen) atoms. The lowest BCUT2D eigenvalue weighted by Crippen LogP contribution is -2.43. The van der Waals surface area contributed by atoms with E-state index in [4.69, 9.17) is 9.84 Å². The van der Waals surface area contributed by atoms with Crippen molar-refractivity contribution in [2.24, 2.45) is 0 Å². The summed E-state index contributed by atoms with van der Waals surface area (Å²) in [6.45, 7) is 2.57. The maximum absolute atomic E-state index is 11.0. The average molecular weight is 295 g/mol. The maximum atomic E-state index is 11.0. The summed E-state index contributed by atoms with van der Waals surface area (Å²) >= 11 is 0. The largest absolute Gasteiger partial charge is 0.478 e. The van der Waals surface area contributed by atoms with Crippen molar-refractivity contribution in [3.05, 3.63) is 33.9 Å². The quantitative estimate of drug-likeness (QED) is 0.617. The van der Waals surface area contributed by atoms with Gasteiger partial charge in [0.2, 0.25) is 0 Å². The van der Waals surface area contributed by atoms with Crippen molar-refractivity contribution < 1.29 is 19.6 Å². The van der Waals surface area contributed by atoms with Gasteiger partial charge < -0.3 is 20.1 Å². The normalized spacial score (nSPS) is 19.2. The van der Waals surface area contributed by atoms with Gasteiger partial charge in [-0.3, -0.25) is 10.1 Å². The van der Waals surface area contributed by atoms with Gasteiger partial charge in [-0.1, -0.05) is 0 Å². The molecule has 1 fully saturated rings. The van der Waals surface area contributed by atoms with E-state index in [0.717, 1.165) is 13.1 Å². The number of carbonyl (C=O) groups is 1. The molecule has 1 unspecified atom stereocenters. The number of nitro benzene ring substituents is 1. The molecule has 0 aromatic heterocycles. The van der Waals surface area contributed by atoms with Gasteiger partial charge in [-0.15, -0.1) is 0 Å². The first kappa shape index (κ1) is 15.2. The molecule has 0 spiro atoms. The Morgan fingerprint density at radius 1 is 1.62 bits per heavy atom. The van der Waals surface area contributed by atoms with Crippen LogP contribution in [0.1, 0.15) is 10.4 Å². The Hall–Kier alpha value is -2.19. The summed E-state index contributed by atoms with van der Waals surface area (Å²) in [6.07, 6.45) is -0.0863. The van der Waals surface area contributed by atoms with E-state index < -0.39 is 10.9 Å². The van der Waals surface area contributed by atoms with Crippen molar-refractivity contribution in [2.45, 2.75) is 6.10 Å². The number of aromatic carboxylic acids is 1. The van der Waals surface area contributed by atoms with E-state index in [1.807, 2.05) is 7.05 Å². The van der Waals surface area contributed by atoms with E-state index in [-0.39, 0.29) is 23.0 Å². The zero-order valence-corrected chi connectivity index (χ0v) is 11.6. The molecular formula is C13H17N3O5. The van der Waals surface area contributed by atoms with Crippen LogP contribution in [0, 0.1) is 10.1 Å². The Morgan fingerprint density at radius 3 is 3.00 bits per heavy atom. The fourth-order valence-corrected chi connectivity index (χ4v) is 2.18. The minimum Gasteiger partial charge on any atom is -0.478 e. The lowest BCUT2D eigenvalue weighted by molar-refractivity contribution is -0.384. The van der Waals surface area contributed by atoms with Crippen molar-refractivity contribution in [2.75, 3.05) is 38.6 Å². The van der Waals surface area contributed by atoms with Crippen LogP contribution in [0.4, 0.5) is 11.4 Å². The van der Waals surface area contributed by atoms with Crippen LogP contribution in [-0.2, 0) is 4.74 Å². The lowest BCUT2D eigenvalue weighted by Gasteiger charge is -2.30. The number of anilines is 1. The van der Waals surface area contributed by atoms with Gasteiger partial charge in [0.05, 0.1) is 23.2 Å². The molecule has 1 saturated heterocycles. The van der Waals surface area contributed by atoms with Crippen LogP contribution in [0.2, 0.25) is 0 Å². The van der Waals surface area contributed by atoms with Crippen molar-refractivity contribution in [3.63, 3.8) is 0 Å². The number of nitro groups is 1. The first-order valence-corrected chi connectivity index (χ1v) is 6.53. The summed E-state index contributed by atoms with van der Waals surface area (Å²) in [5.74, 6) is -1.12. The molecule has 114 valence electrons. The lowest BCUT2D eigenvalue weighted by atomic mass is 10.1. The molecule has 0 radical (unpaired) electrons. The molecule has 0 aliphatic carbocycles.